The Hall–Kier alpha value is -1.44. The monoisotopic (exact) mass is 509 g/mol. The molecule has 0 heterocycles. The average molecular weight is 510 g/mol. The summed E-state index contributed by atoms with van der Waals surface area (Å²) in [6.45, 7) is 3.83. The zero-order chi connectivity index (χ0) is 24.1. The number of carbonyl (C=O) groups is 1. The van der Waals surface area contributed by atoms with Crippen molar-refractivity contribution in [3.8, 4) is 0 Å². The second-order valence-electron chi connectivity index (χ2n) is 9.99. The van der Waals surface area contributed by atoms with E-state index >= 15 is 0 Å². The summed E-state index contributed by atoms with van der Waals surface area (Å²) in [5.41, 5.74) is 9.72. The summed E-state index contributed by atoms with van der Waals surface area (Å²) in [4.78, 5) is 11.5. The second kappa shape index (κ2) is 8.97. The Labute approximate surface area is 205 Å². The van der Waals surface area contributed by atoms with E-state index in [1.165, 1.54) is 16.7 Å². The highest BCUT2D eigenvalue weighted by molar-refractivity contribution is 7.86. The summed E-state index contributed by atoms with van der Waals surface area (Å²) in [5.74, 6) is -0.0194. The quantitative estimate of drug-likeness (QED) is 0.498. The normalized spacial score (nSPS) is 29.9. The topological polar surface area (TPSA) is 97.5 Å². The van der Waals surface area contributed by atoms with Crippen molar-refractivity contribution in [1.82, 2.24) is 0 Å². The van der Waals surface area contributed by atoms with Gasteiger partial charge in [0, 0.05) is 24.3 Å². The molecule has 0 saturated heterocycles. The predicted octanol–water partition coefficient (Wildman–Crippen LogP) is 5.80. The maximum atomic E-state index is 11.5. The largest absolute Gasteiger partial charge is 0.324 e. The maximum Gasteiger partial charge on any atom is 0.268 e. The van der Waals surface area contributed by atoms with Crippen LogP contribution in [-0.4, -0.2) is 24.0 Å². The maximum absolute atomic E-state index is 11.5. The molecule has 0 amide bonds. The van der Waals surface area contributed by atoms with Crippen molar-refractivity contribution in [1.29, 1.82) is 0 Å². The van der Waals surface area contributed by atoms with Crippen molar-refractivity contribution in [3.63, 3.8) is 0 Å². The van der Waals surface area contributed by atoms with Crippen molar-refractivity contribution in [2.75, 3.05) is 0 Å². The molecule has 0 radical (unpaired) electrons. The molecule has 0 aromatic heterocycles. The van der Waals surface area contributed by atoms with Gasteiger partial charge in [-0.1, -0.05) is 67.4 Å². The van der Waals surface area contributed by atoms with E-state index in [-0.39, 0.29) is 23.2 Å². The standard InChI is InChI=1S/C16H15Cl2N.C9H14O4S/c17-14-7-5-10(9-15(14)18)11-6-8-16(19)13-4-2-1-3-12(11)13;1-9(2)5-3-6(10)8(9)7(4-5)14(11,12)13/h1-5,7,9,11,16H,6,8,19H2;5,7-8H,3-4H2,1-2H3,(H,11,12,13)/t11-,16-;/m0./s1. The molecule has 8 heteroatoms. The number of nitrogens with two attached hydrogens (primary N) is 1. The molecule has 2 fully saturated rings. The van der Waals surface area contributed by atoms with Gasteiger partial charge in [0.2, 0.25) is 0 Å². The van der Waals surface area contributed by atoms with Crippen LogP contribution in [0.5, 0.6) is 0 Å². The fourth-order valence-electron chi connectivity index (χ4n) is 5.98. The summed E-state index contributed by atoms with van der Waals surface area (Å²) in [7, 11) is -4.06. The number of hydrogen-bond donors (Lipinski definition) is 2. The van der Waals surface area contributed by atoms with Crippen LogP contribution in [0.2, 0.25) is 10.0 Å². The van der Waals surface area contributed by atoms with E-state index < -0.39 is 21.3 Å². The van der Waals surface area contributed by atoms with Gasteiger partial charge in [-0.2, -0.15) is 8.42 Å². The first kappa shape index (κ1) is 24.7. The Morgan fingerprint density at radius 3 is 2.24 bits per heavy atom. The van der Waals surface area contributed by atoms with Gasteiger partial charge in [0.1, 0.15) is 5.78 Å². The van der Waals surface area contributed by atoms with Gasteiger partial charge in [0.15, 0.2) is 0 Å². The third kappa shape index (κ3) is 4.61. The third-order valence-electron chi connectivity index (χ3n) is 7.80. The molecule has 3 aliphatic rings. The van der Waals surface area contributed by atoms with Gasteiger partial charge in [-0.3, -0.25) is 9.35 Å². The molecule has 2 aromatic carbocycles. The lowest BCUT2D eigenvalue weighted by Gasteiger charge is -2.30. The Bertz CT molecular complexity index is 1180. The summed E-state index contributed by atoms with van der Waals surface area (Å²) in [6, 6.07) is 14.5. The Kier molecular flexibility index (Phi) is 6.71. The SMILES string of the molecule is CC1(C)C2CC(=O)C1C(S(=O)(=O)O)C2.N[C@H]1CC[C@@H](c2ccc(Cl)c(Cl)c2)c2ccccc21. The zero-order valence-corrected chi connectivity index (χ0v) is 21.0. The number of ketones is 1. The summed E-state index contributed by atoms with van der Waals surface area (Å²) in [6.07, 6.45) is 2.96. The molecule has 3 unspecified atom stereocenters. The Morgan fingerprint density at radius 1 is 1.03 bits per heavy atom. The number of hydrogen-bond acceptors (Lipinski definition) is 4. The molecule has 5 nitrogen and oxygen atoms in total. The lowest BCUT2D eigenvalue weighted by atomic mass is 9.77. The highest BCUT2D eigenvalue weighted by atomic mass is 35.5. The fraction of sp³-hybridized carbons (Fsp3) is 0.480. The van der Waals surface area contributed by atoms with Gasteiger partial charge >= 0.3 is 0 Å². The van der Waals surface area contributed by atoms with E-state index in [0.717, 1.165) is 12.8 Å². The van der Waals surface area contributed by atoms with Crippen LogP contribution in [0.15, 0.2) is 42.5 Å². The number of fused-ring (bicyclic) bond motifs is 3. The molecule has 3 aliphatic carbocycles. The van der Waals surface area contributed by atoms with Crippen molar-refractivity contribution in [2.45, 2.75) is 56.7 Å². The molecule has 3 N–H and O–H groups in total. The Morgan fingerprint density at radius 2 is 1.70 bits per heavy atom. The van der Waals surface area contributed by atoms with Gasteiger partial charge in [-0.05, 0) is 59.4 Å². The van der Waals surface area contributed by atoms with Crippen molar-refractivity contribution in [2.24, 2.45) is 23.0 Å². The molecule has 5 atom stereocenters. The van der Waals surface area contributed by atoms with Gasteiger partial charge in [-0.15, -0.1) is 0 Å². The summed E-state index contributed by atoms with van der Waals surface area (Å²) >= 11 is 12.1. The van der Waals surface area contributed by atoms with Gasteiger partial charge < -0.3 is 5.73 Å². The Balaban J connectivity index is 0.000000165. The second-order valence-corrected chi connectivity index (χ2v) is 12.4. The number of halogens is 2. The first-order chi connectivity index (χ1) is 15.4. The number of benzene rings is 2. The molecule has 33 heavy (non-hydrogen) atoms. The van der Waals surface area contributed by atoms with E-state index in [1.54, 1.807) is 0 Å². The zero-order valence-electron chi connectivity index (χ0n) is 18.7. The molecular weight excluding hydrogens is 481 g/mol. The molecular formula is C25H29Cl2NO4S. The molecule has 2 aromatic rings. The van der Waals surface area contributed by atoms with E-state index in [1.807, 2.05) is 26.0 Å². The fourth-order valence-corrected chi connectivity index (χ4v) is 7.61. The summed E-state index contributed by atoms with van der Waals surface area (Å²) in [5, 5.41) is 0.362. The van der Waals surface area contributed by atoms with Crippen LogP contribution in [0.1, 0.15) is 68.2 Å². The van der Waals surface area contributed by atoms with Crippen molar-refractivity contribution in [3.05, 3.63) is 69.2 Å². The van der Waals surface area contributed by atoms with E-state index in [4.69, 9.17) is 33.5 Å². The van der Waals surface area contributed by atoms with Crippen molar-refractivity contribution >= 4 is 39.1 Å². The minimum Gasteiger partial charge on any atom is -0.324 e. The molecule has 178 valence electrons. The summed E-state index contributed by atoms with van der Waals surface area (Å²) < 4.78 is 31.1. The smallest absolute Gasteiger partial charge is 0.268 e. The number of carbonyl (C=O) groups excluding carboxylic acids is 1. The van der Waals surface area contributed by atoms with Crippen LogP contribution in [0.25, 0.3) is 0 Å². The minimum absolute atomic E-state index is 0.00567. The number of rotatable bonds is 2. The van der Waals surface area contributed by atoms with Crippen LogP contribution < -0.4 is 5.73 Å². The molecule has 0 spiro atoms. The predicted molar refractivity (Wildman–Crippen MR) is 131 cm³/mol. The molecule has 2 bridgehead atoms. The first-order valence-electron chi connectivity index (χ1n) is 11.2. The van der Waals surface area contributed by atoms with E-state index in [0.29, 0.717) is 28.8 Å². The van der Waals surface area contributed by atoms with Gasteiger partial charge in [-0.25, -0.2) is 0 Å². The molecule has 2 saturated carbocycles. The van der Waals surface area contributed by atoms with E-state index in [9.17, 15) is 13.2 Å². The molecule has 0 aliphatic heterocycles. The van der Waals surface area contributed by atoms with Crippen LogP contribution in [0.4, 0.5) is 0 Å². The molecule has 5 rings (SSSR count). The highest BCUT2D eigenvalue weighted by Gasteiger charge is 2.61. The number of Topliss-reactive ketones (excluding diaryl/α,β-unsaturated/α-hetero) is 1. The van der Waals surface area contributed by atoms with Crippen LogP contribution in [0.3, 0.4) is 0 Å². The van der Waals surface area contributed by atoms with Crippen LogP contribution in [0, 0.1) is 17.3 Å². The minimum atomic E-state index is -4.06. The van der Waals surface area contributed by atoms with E-state index in [2.05, 4.69) is 30.3 Å². The average Bonchev–Trinajstić information content (AvgIpc) is 3.14. The van der Waals surface area contributed by atoms with Gasteiger partial charge in [0.05, 0.1) is 15.3 Å². The van der Waals surface area contributed by atoms with Crippen LogP contribution >= 0.6 is 23.2 Å². The van der Waals surface area contributed by atoms with Crippen molar-refractivity contribution < 1.29 is 17.8 Å². The highest BCUT2D eigenvalue weighted by Crippen LogP contribution is 2.57. The first-order valence-corrected chi connectivity index (χ1v) is 13.5. The third-order valence-corrected chi connectivity index (χ3v) is 9.77. The van der Waals surface area contributed by atoms with Gasteiger partial charge in [0.25, 0.3) is 10.1 Å². The van der Waals surface area contributed by atoms with Crippen LogP contribution in [-0.2, 0) is 14.9 Å². The lowest BCUT2D eigenvalue weighted by Crippen LogP contribution is -2.34. The lowest BCUT2D eigenvalue weighted by molar-refractivity contribution is -0.122.